The molecule has 2 aromatic carbocycles. The van der Waals surface area contributed by atoms with E-state index >= 15 is 0 Å². The van der Waals surface area contributed by atoms with Crippen molar-refractivity contribution in [1.82, 2.24) is 15.3 Å². The maximum absolute atomic E-state index is 13.3. The highest BCUT2D eigenvalue weighted by Gasteiger charge is 2.43. The van der Waals surface area contributed by atoms with Gasteiger partial charge >= 0.3 is 11.9 Å². The summed E-state index contributed by atoms with van der Waals surface area (Å²) >= 11 is 0. The lowest BCUT2D eigenvalue weighted by atomic mass is 9.80. The van der Waals surface area contributed by atoms with E-state index in [0.29, 0.717) is 22.5 Å². The first-order chi connectivity index (χ1) is 15.8. The summed E-state index contributed by atoms with van der Waals surface area (Å²) in [5, 5.41) is 2.96. The highest BCUT2D eigenvalue weighted by atomic mass is 19.4. The minimum Gasteiger partial charge on any atom is -0.491 e. The molecule has 0 aliphatic carbocycles. The first kappa shape index (κ1) is 20.8. The van der Waals surface area contributed by atoms with Crippen LogP contribution in [0.4, 0.5) is 13.2 Å². The third-order valence-corrected chi connectivity index (χ3v) is 5.62. The SMILES string of the molecule is O=C(N[C@]1(c2ccc(C(F)(F)F)cc2)CCOc2cccnc21)c1ccc2[nH]c(=O)oc2c1. The number of pyridine rings is 1. The number of ether oxygens (including phenoxy) is 1. The van der Waals surface area contributed by atoms with Crippen LogP contribution in [0.2, 0.25) is 0 Å². The van der Waals surface area contributed by atoms with E-state index in [-0.39, 0.29) is 24.2 Å². The van der Waals surface area contributed by atoms with Crippen LogP contribution in [-0.2, 0) is 11.7 Å². The molecular formula is C23H16F3N3O4. The molecule has 1 amide bonds. The summed E-state index contributed by atoms with van der Waals surface area (Å²) in [4.78, 5) is 31.6. The molecule has 0 unspecified atom stereocenters. The maximum Gasteiger partial charge on any atom is 0.417 e. The van der Waals surface area contributed by atoms with Gasteiger partial charge in [-0.3, -0.25) is 14.8 Å². The summed E-state index contributed by atoms with van der Waals surface area (Å²) in [5.74, 6) is -0.735. The second-order valence-electron chi connectivity index (χ2n) is 7.61. The summed E-state index contributed by atoms with van der Waals surface area (Å²) < 4.78 is 50.1. The molecule has 3 heterocycles. The minimum atomic E-state index is -4.49. The summed E-state index contributed by atoms with van der Waals surface area (Å²) in [7, 11) is 0. The van der Waals surface area contributed by atoms with Crippen LogP contribution in [0.15, 0.2) is 70.0 Å². The molecule has 4 aromatic rings. The second-order valence-corrected chi connectivity index (χ2v) is 7.61. The molecular weight excluding hydrogens is 439 g/mol. The molecule has 0 radical (unpaired) electrons. The summed E-state index contributed by atoms with van der Waals surface area (Å²) in [6.45, 7) is 0.214. The normalized spacial score (nSPS) is 17.9. The van der Waals surface area contributed by atoms with Crippen molar-refractivity contribution in [2.75, 3.05) is 6.61 Å². The number of halogens is 3. The number of nitrogens with one attached hydrogen (secondary N) is 2. The van der Waals surface area contributed by atoms with Crippen molar-refractivity contribution in [2.24, 2.45) is 0 Å². The van der Waals surface area contributed by atoms with E-state index in [0.717, 1.165) is 12.1 Å². The van der Waals surface area contributed by atoms with Gasteiger partial charge < -0.3 is 14.5 Å². The van der Waals surface area contributed by atoms with Crippen molar-refractivity contribution >= 4 is 17.0 Å². The fourth-order valence-electron chi connectivity index (χ4n) is 4.03. The standard InChI is InChI=1S/C23H16F3N3O4/c24-23(25,26)15-6-4-14(5-7-15)22(9-11-32-17-2-1-10-27-19(17)22)29-20(30)13-3-8-16-18(12-13)33-21(31)28-16/h1-8,10,12H,9,11H2,(H,28,31)(H,29,30)/t22-/m0/s1. The zero-order valence-corrected chi connectivity index (χ0v) is 16.9. The lowest BCUT2D eigenvalue weighted by Crippen LogP contribution is -2.50. The van der Waals surface area contributed by atoms with Gasteiger partial charge in [0.2, 0.25) is 0 Å². The lowest BCUT2D eigenvalue weighted by molar-refractivity contribution is -0.137. The number of amides is 1. The van der Waals surface area contributed by atoms with Gasteiger partial charge in [0.1, 0.15) is 17.0 Å². The molecule has 0 spiro atoms. The summed E-state index contributed by atoms with van der Waals surface area (Å²) in [6, 6.07) is 12.4. The number of fused-ring (bicyclic) bond motifs is 2. The predicted molar refractivity (Wildman–Crippen MR) is 111 cm³/mol. The van der Waals surface area contributed by atoms with Crippen LogP contribution in [0.1, 0.15) is 33.6 Å². The third kappa shape index (κ3) is 3.63. The number of hydrogen-bond donors (Lipinski definition) is 2. The molecule has 0 saturated heterocycles. The number of alkyl halides is 3. The number of oxazole rings is 1. The molecule has 33 heavy (non-hydrogen) atoms. The second kappa shape index (κ2) is 7.51. The van der Waals surface area contributed by atoms with Crippen molar-refractivity contribution in [3.05, 3.63) is 93.7 Å². The van der Waals surface area contributed by atoms with Crippen LogP contribution in [0.25, 0.3) is 11.1 Å². The first-order valence-corrected chi connectivity index (χ1v) is 9.98. The fourth-order valence-corrected chi connectivity index (χ4v) is 4.03. The van der Waals surface area contributed by atoms with E-state index in [4.69, 9.17) is 9.15 Å². The van der Waals surface area contributed by atoms with E-state index in [9.17, 15) is 22.8 Å². The maximum atomic E-state index is 13.3. The van der Waals surface area contributed by atoms with Crippen LogP contribution in [0, 0.1) is 0 Å². The number of rotatable bonds is 3. The molecule has 0 fully saturated rings. The lowest BCUT2D eigenvalue weighted by Gasteiger charge is -2.39. The molecule has 1 aliphatic heterocycles. The molecule has 168 valence electrons. The Morgan fingerprint density at radius 3 is 2.67 bits per heavy atom. The molecule has 2 aromatic heterocycles. The first-order valence-electron chi connectivity index (χ1n) is 9.98. The summed E-state index contributed by atoms with van der Waals surface area (Å²) in [5.41, 5.74) is -0.354. The van der Waals surface area contributed by atoms with Gasteiger partial charge in [0.25, 0.3) is 5.91 Å². The number of H-pyrrole nitrogens is 1. The molecule has 0 saturated carbocycles. The Balaban J connectivity index is 1.60. The quantitative estimate of drug-likeness (QED) is 0.487. The number of benzene rings is 2. The monoisotopic (exact) mass is 455 g/mol. The van der Waals surface area contributed by atoms with Gasteiger partial charge in [-0.15, -0.1) is 0 Å². The average Bonchev–Trinajstić information content (AvgIpc) is 3.18. The number of nitrogens with zero attached hydrogens (tertiary/aromatic N) is 1. The fraction of sp³-hybridized carbons (Fsp3) is 0.174. The zero-order chi connectivity index (χ0) is 23.2. The molecule has 0 bridgehead atoms. The Morgan fingerprint density at radius 2 is 1.91 bits per heavy atom. The van der Waals surface area contributed by atoms with Gasteiger partial charge in [-0.05, 0) is 48.0 Å². The Kier molecular flexibility index (Phi) is 4.73. The van der Waals surface area contributed by atoms with Gasteiger partial charge in [0.15, 0.2) is 5.58 Å². The van der Waals surface area contributed by atoms with E-state index in [1.54, 1.807) is 12.1 Å². The van der Waals surface area contributed by atoms with E-state index in [1.165, 1.54) is 36.5 Å². The van der Waals surface area contributed by atoms with Crippen LogP contribution in [0.5, 0.6) is 5.75 Å². The Bertz CT molecular complexity index is 1410. The van der Waals surface area contributed by atoms with Gasteiger partial charge in [0.05, 0.1) is 17.7 Å². The van der Waals surface area contributed by atoms with E-state index < -0.39 is 28.9 Å². The van der Waals surface area contributed by atoms with Crippen LogP contribution in [-0.4, -0.2) is 22.5 Å². The van der Waals surface area contributed by atoms with Crippen molar-refractivity contribution in [2.45, 2.75) is 18.1 Å². The molecule has 2 N–H and O–H groups in total. The summed E-state index contributed by atoms with van der Waals surface area (Å²) in [6.07, 6.45) is -2.72. The van der Waals surface area contributed by atoms with Crippen molar-refractivity contribution in [3.63, 3.8) is 0 Å². The largest absolute Gasteiger partial charge is 0.491 e. The molecule has 5 rings (SSSR count). The Morgan fingerprint density at radius 1 is 1.12 bits per heavy atom. The number of carbonyl (C=O) groups is 1. The molecule has 10 heteroatoms. The molecule has 7 nitrogen and oxygen atoms in total. The van der Waals surface area contributed by atoms with Gasteiger partial charge in [-0.1, -0.05) is 12.1 Å². The Labute approximate surface area is 184 Å². The molecule has 1 aliphatic rings. The van der Waals surface area contributed by atoms with Gasteiger partial charge in [-0.25, -0.2) is 4.79 Å². The Hall–Kier alpha value is -4.08. The number of carbonyl (C=O) groups excluding carboxylic acids is 1. The number of aromatic amines is 1. The third-order valence-electron chi connectivity index (χ3n) is 5.62. The predicted octanol–water partition coefficient (Wildman–Crippen LogP) is 3.99. The van der Waals surface area contributed by atoms with E-state index in [1.807, 2.05) is 0 Å². The van der Waals surface area contributed by atoms with Crippen LogP contribution < -0.4 is 15.8 Å². The zero-order valence-electron chi connectivity index (χ0n) is 16.9. The van der Waals surface area contributed by atoms with Crippen molar-refractivity contribution in [1.29, 1.82) is 0 Å². The average molecular weight is 455 g/mol. The number of aromatic nitrogens is 2. The van der Waals surface area contributed by atoms with Crippen LogP contribution >= 0.6 is 0 Å². The highest BCUT2D eigenvalue weighted by Crippen LogP contribution is 2.41. The number of hydrogen-bond acceptors (Lipinski definition) is 5. The van der Waals surface area contributed by atoms with Crippen molar-refractivity contribution < 1.29 is 27.1 Å². The minimum absolute atomic E-state index is 0.209. The van der Waals surface area contributed by atoms with E-state index in [2.05, 4.69) is 15.3 Å². The smallest absolute Gasteiger partial charge is 0.417 e. The highest BCUT2D eigenvalue weighted by molar-refractivity contribution is 5.97. The van der Waals surface area contributed by atoms with Gasteiger partial charge in [0, 0.05) is 18.2 Å². The van der Waals surface area contributed by atoms with Crippen molar-refractivity contribution in [3.8, 4) is 5.75 Å². The molecule has 1 atom stereocenters. The van der Waals surface area contributed by atoms with Gasteiger partial charge in [-0.2, -0.15) is 13.2 Å². The topological polar surface area (TPSA) is 97.2 Å². The van der Waals surface area contributed by atoms with Crippen LogP contribution in [0.3, 0.4) is 0 Å².